The molecule has 1 heterocycles. The minimum atomic E-state index is -0.125. The maximum Gasteiger partial charge on any atom is 0.249 e. The molecule has 0 aliphatic carbocycles. The standard InChI is InChI=1S/C11H19N5O/c1-5-12-6-7(2)10(17)14-11-13-8(3)9(4)15-16-11/h7,12H,5-6H2,1-4H3,(H,13,14,16,17). The fourth-order valence-electron chi connectivity index (χ4n) is 1.20. The summed E-state index contributed by atoms with van der Waals surface area (Å²) >= 11 is 0. The van der Waals surface area contributed by atoms with Gasteiger partial charge in [0.25, 0.3) is 0 Å². The Morgan fingerprint density at radius 2 is 2.00 bits per heavy atom. The van der Waals surface area contributed by atoms with Crippen LogP contribution in [0.2, 0.25) is 0 Å². The third-order valence-electron chi connectivity index (χ3n) is 2.48. The third-order valence-corrected chi connectivity index (χ3v) is 2.48. The maximum absolute atomic E-state index is 11.8. The Labute approximate surface area is 101 Å². The average Bonchev–Trinajstić information content (AvgIpc) is 2.30. The van der Waals surface area contributed by atoms with Crippen molar-refractivity contribution in [2.45, 2.75) is 27.7 Å². The zero-order valence-corrected chi connectivity index (χ0v) is 10.7. The van der Waals surface area contributed by atoms with E-state index in [-0.39, 0.29) is 17.8 Å². The molecule has 0 fully saturated rings. The molecule has 17 heavy (non-hydrogen) atoms. The van der Waals surface area contributed by atoms with Gasteiger partial charge in [-0.3, -0.25) is 10.1 Å². The fraction of sp³-hybridized carbons (Fsp3) is 0.636. The molecule has 0 saturated carbocycles. The molecule has 2 N–H and O–H groups in total. The summed E-state index contributed by atoms with van der Waals surface area (Å²) in [6, 6.07) is 0. The van der Waals surface area contributed by atoms with Gasteiger partial charge in [0.15, 0.2) is 0 Å². The second kappa shape index (κ2) is 6.24. The smallest absolute Gasteiger partial charge is 0.249 e. The van der Waals surface area contributed by atoms with Gasteiger partial charge < -0.3 is 5.32 Å². The van der Waals surface area contributed by atoms with Crippen LogP contribution >= 0.6 is 0 Å². The van der Waals surface area contributed by atoms with Crippen LogP contribution in [0.1, 0.15) is 25.2 Å². The Balaban J connectivity index is 2.58. The van der Waals surface area contributed by atoms with Crippen LogP contribution < -0.4 is 10.6 Å². The number of carbonyl (C=O) groups is 1. The van der Waals surface area contributed by atoms with Crippen molar-refractivity contribution in [1.82, 2.24) is 20.5 Å². The van der Waals surface area contributed by atoms with Crippen molar-refractivity contribution in [3.8, 4) is 0 Å². The molecule has 1 rings (SSSR count). The van der Waals surface area contributed by atoms with Gasteiger partial charge in [0.1, 0.15) is 0 Å². The number of hydrogen-bond donors (Lipinski definition) is 2. The molecular formula is C11H19N5O. The van der Waals surface area contributed by atoms with Gasteiger partial charge in [0.05, 0.1) is 11.4 Å². The van der Waals surface area contributed by atoms with E-state index in [0.29, 0.717) is 6.54 Å². The van der Waals surface area contributed by atoms with Gasteiger partial charge in [-0.2, -0.15) is 5.10 Å². The van der Waals surface area contributed by atoms with E-state index in [2.05, 4.69) is 25.8 Å². The van der Waals surface area contributed by atoms with Crippen LogP contribution in [-0.2, 0) is 4.79 Å². The molecule has 1 unspecified atom stereocenters. The van der Waals surface area contributed by atoms with Crippen LogP contribution in [0.5, 0.6) is 0 Å². The number of anilines is 1. The molecular weight excluding hydrogens is 218 g/mol. The van der Waals surface area contributed by atoms with E-state index in [9.17, 15) is 4.79 Å². The predicted octanol–water partition coefficient (Wildman–Crippen LogP) is 0.673. The molecule has 0 saturated heterocycles. The molecule has 0 aliphatic rings. The molecule has 1 atom stereocenters. The number of amides is 1. The normalized spacial score (nSPS) is 12.2. The van der Waals surface area contributed by atoms with Gasteiger partial charge >= 0.3 is 0 Å². The Hall–Kier alpha value is -1.56. The quantitative estimate of drug-likeness (QED) is 0.787. The first-order valence-electron chi connectivity index (χ1n) is 5.74. The molecule has 0 bridgehead atoms. The first-order chi connectivity index (χ1) is 8.04. The molecule has 6 nitrogen and oxygen atoms in total. The van der Waals surface area contributed by atoms with E-state index in [1.54, 1.807) is 0 Å². The van der Waals surface area contributed by atoms with Gasteiger partial charge in [-0.25, -0.2) is 4.98 Å². The lowest BCUT2D eigenvalue weighted by molar-refractivity contribution is -0.119. The zero-order chi connectivity index (χ0) is 12.8. The molecule has 1 amide bonds. The average molecular weight is 237 g/mol. The molecule has 0 spiro atoms. The highest BCUT2D eigenvalue weighted by molar-refractivity contribution is 5.90. The monoisotopic (exact) mass is 237 g/mol. The minimum absolute atomic E-state index is 0.101. The molecule has 0 radical (unpaired) electrons. The molecule has 1 aromatic heterocycles. The summed E-state index contributed by atoms with van der Waals surface area (Å²) in [5, 5.41) is 13.5. The highest BCUT2D eigenvalue weighted by atomic mass is 16.2. The molecule has 94 valence electrons. The molecule has 1 aromatic rings. The van der Waals surface area contributed by atoms with E-state index in [4.69, 9.17) is 0 Å². The second-order valence-electron chi connectivity index (χ2n) is 4.00. The molecule has 0 aromatic carbocycles. The highest BCUT2D eigenvalue weighted by Gasteiger charge is 2.14. The lowest BCUT2D eigenvalue weighted by Gasteiger charge is -2.11. The maximum atomic E-state index is 11.8. The van der Waals surface area contributed by atoms with Crippen molar-refractivity contribution in [1.29, 1.82) is 0 Å². The van der Waals surface area contributed by atoms with Crippen LogP contribution in [0.15, 0.2) is 0 Å². The van der Waals surface area contributed by atoms with Crippen LogP contribution in [0, 0.1) is 19.8 Å². The zero-order valence-electron chi connectivity index (χ0n) is 10.7. The Kier molecular flexibility index (Phi) is 4.96. The van der Waals surface area contributed by atoms with Gasteiger partial charge in [-0.05, 0) is 20.4 Å². The van der Waals surface area contributed by atoms with Crippen molar-refractivity contribution in [3.05, 3.63) is 11.4 Å². The summed E-state index contributed by atoms with van der Waals surface area (Å²) < 4.78 is 0. The summed E-state index contributed by atoms with van der Waals surface area (Å²) in [5.41, 5.74) is 1.54. The summed E-state index contributed by atoms with van der Waals surface area (Å²) in [6.07, 6.45) is 0. The van der Waals surface area contributed by atoms with E-state index < -0.39 is 0 Å². The lowest BCUT2D eigenvalue weighted by Crippen LogP contribution is -2.31. The second-order valence-corrected chi connectivity index (χ2v) is 4.00. The number of rotatable bonds is 5. The predicted molar refractivity (Wildman–Crippen MR) is 65.6 cm³/mol. The first-order valence-corrected chi connectivity index (χ1v) is 5.74. The number of carbonyl (C=O) groups excluding carboxylic acids is 1. The summed E-state index contributed by atoms with van der Waals surface area (Å²) in [5.74, 6) is 0.0395. The minimum Gasteiger partial charge on any atom is -0.316 e. The lowest BCUT2D eigenvalue weighted by atomic mass is 10.1. The van der Waals surface area contributed by atoms with E-state index in [1.807, 2.05) is 27.7 Å². The topological polar surface area (TPSA) is 79.8 Å². The molecule has 0 aliphatic heterocycles. The first kappa shape index (κ1) is 13.5. The van der Waals surface area contributed by atoms with Crippen LogP contribution in [0.4, 0.5) is 5.95 Å². The van der Waals surface area contributed by atoms with Gasteiger partial charge in [0.2, 0.25) is 11.9 Å². The van der Waals surface area contributed by atoms with E-state index in [0.717, 1.165) is 17.9 Å². The highest BCUT2D eigenvalue weighted by Crippen LogP contribution is 2.04. The Morgan fingerprint density at radius 1 is 1.29 bits per heavy atom. The van der Waals surface area contributed by atoms with Crippen molar-refractivity contribution < 1.29 is 4.79 Å². The van der Waals surface area contributed by atoms with Crippen LogP contribution in [0.25, 0.3) is 0 Å². The van der Waals surface area contributed by atoms with Gasteiger partial charge in [0, 0.05) is 12.5 Å². The largest absolute Gasteiger partial charge is 0.316 e. The summed E-state index contributed by atoms with van der Waals surface area (Å²) in [6.45, 7) is 9.00. The summed E-state index contributed by atoms with van der Waals surface area (Å²) in [7, 11) is 0. The number of hydrogen-bond acceptors (Lipinski definition) is 5. The van der Waals surface area contributed by atoms with Crippen molar-refractivity contribution in [2.24, 2.45) is 5.92 Å². The number of aryl methyl sites for hydroxylation is 2. The van der Waals surface area contributed by atoms with Crippen LogP contribution in [-0.4, -0.2) is 34.2 Å². The SMILES string of the molecule is CCNCC(C)C(=O)Nc1nnc(C)c(C)n1. The van der Waals surface area contributed by atoms with Crippen molar-refractivity contribution in [3.63, 3.8) is 0 Å². The van der Waals surface area contributed by atoms with E-state index >= 15 is 0 Å². The Bertz CT molecular complexity index is 393. The summed E-state index contributed by atoms with van der Waals surface area (Å²) in [4.78, 5) is 15.9. The van der Waals surface area contributed by atoms with Crippen molar-refractivity contribution >= 4 is 11.9 Å². The fourth-order valence-corrected chi connectivity index (χ4v) is 1.20. The third kappa shape index (κ3) is 4.07. The number of nitrogens with one attached hydrogen (secondary N) is 2. The number of nitrogens with zero attached hydrogens (tertiary/aromatic N) is 3. The van der Waals surface area contributed by atoms with Crippen LogP contribution in [0.3, 0.4) is 0 Å². The Morgan fingerprint density at radius 3 is 2.59 bits per heavy atom. The molecule has 6 heteroatoms. The number of aromatic nitrogens is 3. The van der Waals surface area contributed by atoms with Crippen molar-refractivity contribution in [2.75, 3.05) is 18.4 Å². The van der Waals surface area contributed by atoms with Gasteiger partial charge in [-0.1, -0.05) is 13.8 Å². The van der Waals surface area contributed by atoms with E-state index in [1.165, 1.54) is 0 Å². The van der Waals surface area contributed by atoms with Gasteiger partial charge in [-0.15, -0.1) is 5.10 Å².